The lowest BCUT2D eigenvalue weighted by Crippen LogP contribution is -2.18. The van der Waals surface area contributed by atoms with Crippen molar-refractivity contribution in [1.82, 2.24) is 0 Å². The Bertz CT molecular complexity index is 493. The van der Waals surface area contributed by atoms with E-state index in [0.29, 0.717) is 0 Å². The van der Waals surface area contributed by atoms with Crippen LogP contribution >= 0.6 is 0 Å². The smallest absolute Gasteiger partial charge is 0.0723 e. The zero-order chi connectivity index (χ0) is 18.6. The van der Waals surface area contributed by atoms with Crippen LogP contribution in [0.1, 0.15) is 51.9 Å². The summed E-state index contributed by atoms with van der Waals surface area (Å²) in [4.78, 5) is 10.1. The van der Waals surface area contributed by atoms with Crippen molar-refractivity contribution in [2.45, 2.75) is 58.0 Å². The molecule has 0 aromatic rings. The van der Waals surface area contributed by atoms with E-state index in [1.807, 2.05) is 42.5 Å². The SMILES string of the molecule is CCCCCCCCC(O)/C=C/C=C/C=C/C=C/C=C/C=C/C(=O)[O-]. The largest absolute Gasteiger partial charge is 0.545 e. The summed E-state index contributed by atoms with van der Waals surface area (Å²) in [5.74, 6) is -1.20. The Morgan fingerprint density at radius 1 is 0.800 bits per heavy atom. The number of aliphatic hydroxyl groups excluding tert-OH is 1. The fourth-order valence-electron chi connectivity index (χ4n) is 2.07. The first kappa shape index (κ1) is 22.9. The van der Waals surface area contributed by atoms with E-state index in [9.17, 15) is 15.0 Å². The van der Waals surface area contributed by atoms with Crippen molar-refractivity contribution >= 4 is 5.97 Å². The normalized spacial score (nSPS) is 14.3. The summed E-state index contributed by atoms with van der Waals surface area (Å²) >= 11 is 0. The molecule has 138 valence electrons. The molecule has 0 spiro atoms. The number of carboxylic acid groups (broad SMARTS) is 1. The number of hydrogen-bond acceptors (Lipinski definition) is 3. The Balaban J connectivity index is 3.77. The Kier molecular flexibility index (Phi) is 16.7. The molecule has 0 radical (unpaired) electrons. The zero-order valence-corrected chi connectivity index (χ0v) is 15.2. The molecule has 0 aliphatic heterocycles. The van der Waals surface area contributed by atoms with E-state index in [4.69, 9.17) is 0 Å². The maximum Gasteiger partial charge on any atom is 0.0723 e. The summed E-state index contributed by atoms with van der Waals surface area (Å²) in [7, 11) is 0. The van der Waals surface area contributed by atoms with Gasteiger partial charge < -0.3 is 15.0 Å². The molecule has 0 amide bonds. The number of carbonyl (C=O) groups excluding carboxylic acids is 1. The summed E-state index contributed by atoms with van der Waals surface area (Å²) in [6, 6.07) is 0. The van der Waals surface area contributed by atoms with E-state index in [2.05, 4.69) is 6.92 Å². The highest BCUT2D eigenvalue weighted by Crippen LogP contribution is 2.09. The highest BCUT2D eigenvalue weighted by molar-refractivity contribution is 5.77. The molecule has 0 aliphatic carbocycles. The van der Waals surface area contributed by atoms with E-state index in [1.165, 1.54) is 38.2 Å². The minimum Gasteiger partial charge on any atom is -0.545 e. The van der Waals surface area contributed by atoms with E-state index >= 15 is 0 Å². The Hall–Kier alpha value is -2.13. The molecule has 0 aromatic carbocycles. The van der Waals surface area contributed by atoms with E-state index in [-0.39, 0.29) is 6.10 Å². The van der Waals surface area contributed by atoms with Crippen LogP contribution in [0.15, 0.2) is 72.9 Å². The molecular weight excluding hydrogens is 312 g/mol. The molecule has 0 saturated carbocycles. The molecule has 1 N–H and O–H groups in total. The molecule has 1 atom stereocenters. The van der Waals surface area contributed by atoms with Crippen LogP contribution in [0.2, 0.25) is 0 Å². The van der Waals surface area contributed by atoms with Crippen LogP contribution in [0, 0.1) is 0 Å². The minimum atomic E-state index is -1.20. The second kappa shape index (κ2) is 18.2. The number of carbonyl (C=O) groups is 1. The second-order valence-electron chi connectivity index (χ2n) is 5.73. The van der Waals surface area contributed by atoms with Crippen LogP contribution in [0.4, 0.5) is 0 Å². The van der Waals surface area contributed by atoms with Crippen LogP contribution in [-0.2, 0) is 4.79 Å². The Morgan fingerprint density at radius 2 is 1.28 bits per heavy atom. The zero-order valence-electron chi connectivity index (χ0n) is 15.2. The van der Waals surface area contributed by atoms with E-state index in [0.717, 1.165) is 18.9 Å². The van der Waals surface area contributed by atoms with Crippen molar-refractivity contribution in [2.75, 3.05) is 0 Å². The lowest BCUT2D eigenvalue weighted by atomic mass is 10.1. The molecule has 0 bridgehead atoms. The number of aliphatic carboxylic acids is 1. The first-order valence-electron chi connectivity index (χ1n) is 9.07. The van der Waals surface area contributed by atoms with Crippen LogP contribution in [0.5, 0.6) is 0 Å². The summed E-state index contributed by atoms with van der Waals surface area (Å²) in [6.45, 7) is 2.21. The van der Waals surface area contributed by atoms with Crippen molar-refractivity contribution in [3.05, 3.63) is 72.9 Å². The number of allylic oxidation sites excluding steroid dienone is 10. The molecule has 0 aromatic heterocycles. The molecule has 3 heteroatoms. The fraction of sp³-hybridized carbons (Fsp3) is 0.409. The fourth-order valence-corrected chi connectivity index (χ4v) is 2.07. The van der Waals surface area contributed by atoms with Gasteiger partial charge in [-0.25, -0.2) is 0 Å². The molecule has 1 unspecified atom stereocenters. The lowest BCUT2D eigenvalue weighted by Gasteiger charge is -2.04. The molecule has 0 heterocycles. The quantitative estimate of drug-likeness (QED) is 0.292. The van der Waals surface area contributed by atoms with Crippen LogP contribution in [0.25, 0.3) is 0 Å². The average Bonchev–Trinajstić information content (AvgIpc) is 2.58. The standard InChI is InChI=1S/C22H32O3/c1-2-3-4-5-12-15-18-21(23)19-16-13-10-8-6-7-9-11-14-17-20-22(24)25/h6-11,13-14,16-17,19-21,23H,2-5,12,15,18H2,1H3,(H,24,25)/p-1/b8-6+,9-7+,13-10+,14-11+,19-16+,20-17+. The van der Waals surface area contributed by atoms with Gasteiger partial charge in [0.05, 0.1) is 12.1 Å². The molecular formula is C22H31O3-. The average molecular weight is 343 g/mol. The molecule has 3 nitrogen and oxygen atoms in total. The van der Waals surface area contributed by atoms with Crippen molar-refractivity contribution in [3.63, 3.8) is 0 Å². The van der Waals surface area contributed by atoms with Crippen molar-refractivity contribution in [1.29, 1.82) is 0 Å². The van der Waals surface area contributed by atoms with Gasteiger partial charge in [-0.2, -0.15) is 0 Å². The topological polar surface area (TPSA) is 60.4 Å². The lowest BCUT2D eigenvalue weighted by molar-refractivity contribution is -0.297. The summed E-state index contributed by atoms with van der Waals surface area (Å²) in [5.41, 5.74) is 0. The van der Waals surface area contributed by atoms with Gasteiger partial charge in [-0.1, -0.05) is 112 Å². The number of carboxylic acids is 1. The number of hydrogen-bond donors (Lipinski definition) is 1. The third-order valence-corrected chi connectivity index (χ3v) is 3.42. The van der Waals surface area contributed by atoms with Crippen LogP contribution in [0.3, 0.4) is 0 Å². The third-order valence-electron chi connectivity index (χ3n) is 3.42. The highest BCUT2D eigenvalue weighted by atomic mass is 16.4. The van der Waals surface area contributed by atoms with Gasteiger partial charge in [0.1, 0.15) is 0 Å². The summed E-state index contributed by atoms with van der Waals surface area (Å²) in [6.07, 6.45) is 28.4. The van der Waals surface area contributed by atoms with Gasteiger partial charge in [-0.3, -0.25) is 0 Å². The van der Waals surface area contributed by atoms with Gasteiger partial charge in [0.2, 0.25) is 0 Å². The maximum absolute atomic E-state index is 10.1. The minimum absolute atomic E-state index is 0.362. The number of aliphatic hydroxyl groups is 1. The van der Waals surface area contributed by atoms with Gasteiger partial charge >= 0.3 is 0 Å². The van der Waals surface area contributed by atoms with Crippen molar-refractivity contribution < 1.29 is 15.0 Å². The van der Waals surface area contributed by atoms with Crippen LogP contribution in [-0.4, -0.2) is 17.2 Å². The van der Waals surface area contributed by atoms with Crippen molar-refractivity contribution in [2.24, 2.45) is 0 Å². The molecule has 25 heavy (non-hydrogen) atoms. The Morgan fingerprint density at radius 3 is 1.84 bits per heavy atom. The van der Waals surface area contributed by atoms with E-state index < -0.39 is 5.97 Å². The predicted molar refractivity (Wildman–Crippen MR) is 104 cm³/mol. The van der Waals surface area contributed by atoms with E-state index in [1.54, 1.807) is 18.2 Å². The van der Waals surface area contributed by atoms with Gasteiger partial charge in [0.15, 0.2) is 0 Å². The van der Waals surface area contributed by atoms with Crippen molar-refractivity contribution in [3.8, 4) is 0 Å². The Labute approximate surface area is 152 Å². The molecule has 0 fully saturated rings. The third kappa shape index (κ3) is 19.8. The summed E-state index contributed by atoms with van der Waals surface area (Å²) < 4.78 is 0. The molecule has 0 aliphatic rings. The molecule has 0 rings (SSSR count). The predicted octanol–water partition coefficient (Wildman–Crippen LogP) is 4.19. The van der Waals surface area contributed by atoms with Gasteiger partial charge in [0, 0.05) is 0 Å². The first-order valence-corrected chi connectivity index (χ1v) is 9.07. The number of rotatable bonds is 14. The second-order valence-corrected chi connectivity index (χ2v) is 5.73. The maximum atomic E-state index is 10.1. The first-order chi connectivity index (χ1) is 12.2. The van der Waals surface area contributed by atoms with Gasteiger partial charge in [-0.05, 0) is 12.5 Å². The van der Waals surface area contributed by atoms with Gasteiger partial charge in [-0.15, -0.1) is 0 Å². The monoisotopic (exact) mass is 343 g/mol. The van der Waals surface area contributed by atoms with Crippen LogP contribution < -0.4 is 5.11 Å². The van der Waals surface area contributed by atoms with Gasteiger partial charge in [0.25, 0.3) is 0 Å². The highest BCUT2D eigenvalue weighted by Gasteiger charge is 1.97. The molecule has 0 saturated heterocycles. The number of unbranched alkanes of at least 4 members (excludes halogenated alkanes) is 5. The summed E-state index contributed by atoms with van der Waals surface area (Å²) in [5, 5.41) is 19.9.